The zero-order chi connectivity index (χ0) is 36.7. The van der Waals surface area contributed by atoms with Crippen LogP contribution < -0.4 is 10.6 Å². The molecule has 2 fully saturated rings. The molecule has 2 atom stereocenters. The van der Waals surface area contributed by atoms with Crippen molar-refractivity contribution in [3.8, 4) is 0 Å². The topological polar surface area (TPSA) is 97.9 Å². The van der Waals surface area contributed by atoms with Gasteiger partial charge in [-0.1, -0.05) is 48.5 Å². The Hall–Kier alpha value is -4.06. The number of piperazine rings is 1. The van der Waals surface area contributed by atoms with Crippen LogP contribution in [0.4, 0.5) is 8.78 Å². The average Bonchev–Trinajstić information content (AvgIpc) is 3.38. The molecule has 6 rings (SSSR count). The number of imide groups is 1. The minimum absolute atomic E-state index is 0.124. The molecular formula is C41H52F2N6O3. The maximum Gasteiger partial charge on any atom is 0.261 e. The van der Waals surface area contributed by atoms with Gasteiger partial charge < -0.3 is 15.5 Å². The number of halogens is 2. The van der Waals surface area contributed by atoms with Crippen molar-refractivity contribution in [1.29, 1.82) is 0 Å². The summed E-state index contributed by atoms with van der Waals surface area (Å²) in [5.41, 5.74) is 5.32. The van der Waals surface area contributed by atoms with Crippen molar-refractivity contribution in [1.82, 2.24) is 30.3 Å². The molecule has 278 valence electrons. The molecule has 3 heterocycles. The number of aryl methyl sites for hydroxylation is 2. The number of nitrogens with zero attached hydrogens (tertiary/aromatic N) is 4. The van der Waals surface area contributed by atoms with Gasteiger partial charge in [0.1, 0.15) is 0 Å². The van der Waals surface area contributed by atoms with E-state index in [1.165, 1.54) is 4.90 Å². The van der Waals surface area contributed by atoms with E-state index >= 15 is 0 Å². The van der Waals surface area contributed by atoms with Crippen molar-refractivity contribution in [2.45, 2.75) is 83.3 Å². The van der Waals surface area contributed by atoms with Crippen LogP contribution in [0.3, 0.4) is 0 Å². The van der Waals surface area contributed by atoms with Gasteiger partial charge in [0.15, 0.2) is 0 Å². The Labute approximate surface area is 306 Å². The summed E-state index contributed by atoms with van der Waals surface area (Å²) in [5.74, 6) is -3.59. The summed E-state index contributed by atoms with van der Waals surface area (Å²) in [6, 6.07) is 19.1. The Morgan fingerprint density at radius 3 is 2.38 bits per heavy atom. The second-order valence-electron chi connectivity index (χ2n) is 14.9. The van der Waals surface area contributed by atoms with Crippen LogP contribution in [0.2, 0.25) is 0 Å². The van der Waals surface area contributed by atoms with Crippen LogP contribution in [-0.4, -0.2) is 95.2 Å². The average molecular weight is 715 g/mol. The molecule has 1 saturated heterocycles. The minimum atomic E-state index is -2.67. The van der Waals surface area contributed by atoms with E-state index in [1.807, 2.05) is 43.5 Å². The standard InChI is InChI=1S/C41H52F2N6O3/c1-29-24-30(2)37(45-25-29)28-48(20-8-9-21-49-39(51)34-12-6-7-13-35(34)40(49)52)27-33-26-47(23-19-44-33)22-16-36(31-10-4-3-5-11-31)46-38(50)32-14-17-41(42,43)18-15-32/h3-7,10-13,24-25,32-33,36,44H,8-9,14-23,26-28H2,1-2H3,(H,46,50)/t33-,36+/m1/s1. The molecular weight excluding hydrogens is 662 g/mol. The van der Waals surface area contributed by atoms with E-state index in [-0.39, 0.29) is 61.4 Å². The van der Waals surface area contributed by atoms with E-state index < -0.39 is 5.92 Å². The third-order valence-corrected chi connectivity index (χ3v) is 10.8. The summed E-state index contributed by atoms with van der Waals surface area (Å²) in [5, 5.41) is 6.94. The summed E-state index contributed by atoms with van der Waals surface area (Å²) in [4.78, 5) is 50.0. The highest BCUT2D eigenvalue weighted by Crippen LogP contribution is 2.36. The quantitative estimate of drug-likeness (QED) is 0.149. The molecule has 0 radical (unpaired) electrons. The molecule has 3 aromatic rings. The number of aromatic nitrogens is 1. The van der Waals surface area contributed by atoms with Crippen LogP contribution in [0.15, 0.2) is 66.9 Å². The molecule has 9 nitrogen and oxygen atoms in total. The third-order valence-electron chi connectivity index (χ3n) is 10.8. The maximum atomic E-state index is 13.8. The summed E-state index contributed by atoms with van der Waals surface area (Å²) in [6.45, 7) is 10.2. The van der Waals surface area contributed by atoms with E-state index in [1.54, 1.807) is 24.3 Å². The van der Waals surface area contributed by atoms with Crippen molar-refractivity contribution in [3.63, 3.8) is 0 Å². The number of fused-ring (bicyclic) bond motifs is 1. The van der Waals surface area contributed by atoms with Gasteiger partial charge in [-0.05, 0) is 81.3 Å². The number of unbranched alkanes of at least 4 members (excludes halogenated alkanes) is 1. The maximum absolute atomic E-state index is 13.8. The SMILES string of the molecule is Cc1cnc(CN(CCCCN2C(=O)c3ccccc3C2=O)C[C@H]2CN(CC[C@H](NC(=O)C3CCC(F)(F)CC3)c3ccccc3)CCN2)c(C)c1. The zero-order valence-corrected chi connectivity index (χ0v) is 30.5. The summed E-state index contributed by atoms with van der Waals surface area (Å²) < 4.78 is 27.6. The lowest BCUT2D eigenvalue weighted by atomic mass is 9.86. The fraction of sp³-hybridized carbons (Fsp3) is 0.512. The van der Waals surface area contributed by atoms with Crippen molar-refractivity contribution >= 4 is 17.7 Å². The van der Waals surface area contributed by atoms with Crippen molar-refractivity contribution in [3.05, 3.63) is 100 Å². The van der Waals surface area contributed by atoms with Gasteiger partial charge >= 0.3 is 0 Å². The number of hydrogen-bond acceptors (Lipinski definition) is 7. The molecule has 1 saturated carbocycles. The van der Waals surface area contributed by atoms with Gasteiger partial charge in [0.25, 0.3) is 11.8 Å². The monoisotopic (exact) mass is 714 g/mol. The van der Waals surface area contributed by atoms with E-state index in [2.05, 4.69) is 33.4 Å². The lowest BCUT2D eigenvalue weighted by Gasteiger charge is -2.37. The van der Waals surface area contributed by atoms with Crippen LogP contribution in [0.25, 0.3) is 0 Å². The third kappa shape index (κ3) is 9.67. The van der Waals surface area contributed by atoms with Gasteiger partial charge in [-0.2, -0.15) is 0 Å². The molecule has 2 aromatic carbocycles. The van der Waals surface area contributed by atoms with Crippen molar-refractivity contribution in [2.24, 2.45) is 5.92 Å². The van der Waals surface area contributed by atoms with Gasteiger partial charge in [-0.15, -0.1) is 0 Å². The zero-order valence-electron chi connectivity index (χ0n) is 30.5. The first-order valence-corrected chi connectivity index (χ1v) is 18.8. The largest absolute Gasteiger partial charge is 0.349 e. The number of carbonyl (C=O) groups is 3. The smallest absolute Gasteiger partial charge is 0.261 e. The van der Waals surface area contributed by atoms with Crippen LogP contribution >= 0.6 is 0 Å². The minimum Gasteiger partial charge on any atom is -0.349 e. The molecule has 3 aliphatic rings. The molecule has 3 amide bonds. The van der Waals surface area contributed by atoms with E-state index in [4.69, 9.17) is 4.98 Å². The number of carbonyl (C=O) groups excluding carboxylic acids is 3. The Kier molecular flexibility index (Phi) is 12.5. The molecule has 52 heavy (non-hydrogen) atoms. The first kappa shape index (κ1) is 37.7. The summed E-state index contributed by atoms with van der Waals surface area (Å²) in [7, 11) is 0. The normalized spacial score (nSPS) is 19.9. The predicted molar refractivity (Wildman–Crippen MR) is 197 cm³/mol. The van der Waals surface area contributed by atoms with Crippen LogP contribution in [-0.2, 0) is 11.3 Å². The molecule has 0 spiro atoms. The highest BCUT2D eigenvalue weighted by molar-refractivity contribution is 6.21. The second kappa shape index (κ2) is 17.2. The van der Waals surface area contributed by atoms with E-state index in [0.717, 1.165) is 74.5 Å². The van der Waals surface area contributed by atoms with Crippen molar-refractivity contribution in [2.75, 3.05) is 45.8 Å². The van der Waals surface area contributed by atoms with Gasteiger partial charge in [0, 0.05) is 76.8 Å². The number of rotatable bonds is 15. The summed E-state index contributed by atoms with van der Waals surface area (Å²) >= 11 is 0. The Bertz CT molecular complexity index is 1660. The van der Waals surface area contributed by atoms with Gasteiger partial charge in [-0.25, -0.2) is 8.78 Å². The number of amides is 3. The first-order chi connectivity index (χ1) is 25.1. The van der Waals surface area contributed by atoms with E-state index in [9.17, 15) is 23.2 Å². The molecule has 0 unspecified atom stereocenters. The number of hydrogen-bond donors (Lipinski definition) is 2. The second-order valence-corrected chi connectivity index (χ2v) is 14.9. The number of alkyl halides is 2. The number of nitrogens with one attached hydrogen (secondary N) is 2. The Morgan fingerprint density at radius 1 is 1.00 bits per heavy atom. The number of benzene rings is 2. The Morgan fingerprint density at radius 2 is 1.69 bits per heavy atom. The highest BCUT2D eigenvalue weighted by atomic mass is 19.3. The van der Waals surface area contributed by atoms with Crippen LogP contribution in [0.5, 0.6) is 0 Å². The number of pyridine rings is 1. The molecule has 1 aliphatic carbocycles. The highest BCUT2D eigenvalue weighted by Gasteiger charge is 2.38. The first-order valence-electron chi connectivity index (χ1n) is 18.8. The Balaban J connectivity index is 1.05. The molecule has 2 N–H and O–H groups in total. The van der Waals surface area contributed by atoms with E-state index in [0.29, 0.717) is 30.6 Å². The van der Waals surface area contributed by atoms with Crippen molar-refractivity contribution < 1.29 is 23.2 Å². The molecule has 2 aliphatic heterocycles. The molecule has 1 aromatic heterocycles. The fourth-order valence-corrected chi connectivity index (χ4v) is 7.85. The predicted octanol–water partition coefficient (Wildman–Crippen LogP) is 5.92. The lowest BCUT2D eigenvalue weighted by Crippen LogP contribution is -2.55. The van der Waals surface area contributed by atoms with Gasteiger partial charge in [-0.3, -0.25) is 29.2 Å². The lowest BCUT2D eigenvalue weighted by molar-refractivity contribution is -0.130. The molecule has 0 bridgehead atoms. The van der Waals surface area contributed by atoms with Gasteiger partial charge in [0.05, 0.1) is 22.9 Å². The molecule has 11 heteroatoms. The summed E-state index contributed by atoms with van der Waals surface area (Å²) in [6.07, 6.45) is 4.15. The van der Waals surface area contributed by atoms with Gasteiger partial charge in [0.2, 0.25) is 11.8 Å². The fourth-order valence-electron chi connectivity index (χ4n) is 7.85. The van der Waals surface area contributed by atoms with Crippen LogP contribution in [0.1, 0.15) is 94.1 Å². The van der Waals surface area contributed by atoms with Crippen LogP contribution in [0, 0.1) is 19.8 Å².